The van der Waals surface area contributed by atoms with Gasteiger partial charge in [-0.05, 0) is 46.1 Å². The van der Waals surface area contributed by atoms with Crippen LogP contribution in [-0.4, -0.2) is 35.2 Å². The van der Waals surface area contributed by atoms with Crippen LogP contribution < -0.4 is 5.32 Å². The van der Waals surface area contributed by atoms with E-state index in [0.717, 1.165) is 18.4 Å². The molecule has 0 aromatic heterocycles. The molecule has 1 heterocycles. The Morgan fingerprint density at radius 2 is 1.73 bits per heavy atom. The van der Waals surface area contributed by atoms with E-state index in [0.29, 0.717) is 6.61 Å². The van der Waals surface area contributed by atoms with E-state index in [1.165, 1.54) is 0 Å². The molecule has 22 heavy (non-hydrogen) atoms. The van der Waals surface area contributed by atoms with Crippen molar-refractivity contribution in [3.63, 3.8) is 0 Å². The average Bonchev–Trinajstić information content (AvgIpc) is 2.41. The number of benzene rings is 1. The Morgan fingerprint density at radius 1 is 1.18 bits per heavy atom. The summed E-state index contributed by atoms with van der Waals surface area (Å²) in [5.41, 5.74) is 1.04. The van der Waals surface area contributed by atoms with Gasteiger partial charge in [-0.15, -0.1) is 0 Å². The number of nitrogens with zero attached hydrogens (tertiary/aromatic N) is 1. The van der Waals surface area contributed by atoms with E-state index in [2.05, 4.69) is 33.0 Å². The fourth-order valence-electron chi connectivity index (χ4n) is 3.51. The van der Waals surface area contributed by atoms with E-state index in [1.807, 2.05) is 37.4 Å². The Balaban J connectivity index is 1.95. The molecule has 2 rings (SSSR count). The normalized spacial score (nSPS) is 20.4. The number of rotatable bonds is 3. The molecule has 4 heteroatoms. The third kappa shape index (κ3) is 4.47. The molecular formula is C18H28N2O2. The van der Waals surface area contributed by atoms with Crippen molar-refractivity contribution in [1.82, 2.24) is 10.2 Å². The Labute approximate surface area is 133 Å². The lowest BCUT2D eigenvalue weighted by Gasteiger charge is -2.48. The van der Waals surface area contributed by atoms with Crippen molar-refractivity contribution in [2.75, 3.05) is 7.05 Å². The summed E-state index contributed by atoms with van der Waals surface area (Å²) in [6.45, 7) is 9.06. The fourth-order valence-corrected chi connectivity index (χ4v) is 3.51. The number of ether oxygens (including phenoxy) is 1. The Morgan fingerprint density at radius 3 is 2.27 bits per heavy atom. The molecule has 0 radical (unpaired) electrons. The number of hydrogen-bond donors (Lipinski definition) is 1. The lowest BCUT2D eigenvalue weighted by atomic mass is 9.79. The second kappa shape index (κ2) is 6.29. The molecular weight excluding hydrogens is 276 g/mol. The molecule has 1 aromatic rings. The van der Waals surface area contributed by atoms with Crippen LogP contribution in [0.3, 0.4) is 0 Å². The lowest BCUT2D eigenvalue weighted by molar-refractivity contribution is 0.0535. The molecule has 0 bridgehead atoms. The predicted molar refractivity (Wildman–Crippen MR) is 88.7 cm³/mol. The minimum atomic E-state index is -0.248. The Kier molecular flexibility index (Phi) is 4.81. The van der Waals surface area contributed by atoms with E-state index in [1.54, 1.807) is 4.90 Å². The summed E-state index contributed by atoms with van der Waals surface area (Å²) in [5, 5.41) is 3.63. The highest BCUT2D eigenvalue weighted by molar-refractivity contribution is 5.67. The van der Waals surface area contributed by atoms with Gasteiger partial charge in [0.2, 0.25) is 0 Å². The van der Waals surface area contributed by atoms with Crippen molar-refractivity contribution in [2.45, 2.75) is 64.3 Å². The molecule has 1 saturated heterocycles. The molecule has 4 nitrogen and oxygen atoms in total. The first-order valence-corrected chi connectivity index (χ1v) is 7.91. The second-order valence-corrected chi connectivity index (χ2v) is 7.61. The third-order valence-electron chi connectivity index (χ3n) is 4.21. The van der Waals surface area contributed by atoms with Gasteiger partial charge in [-0.1, -0.05) is 30.3 Å². The van der Waals surface area contributed by atoms with E-state index in [9.17, 15) is 4.79 Å². The van der Waals surface area contributed by atoms with Gasteiger partial charge >= 0.3 is 6.09 Å². The van der Waals surface area contributed by atoms with Crippen molar-refractivity contribution in [1.29, 1.82) is 0 Å². The van der Waals surface area contributed by atoms with Gasteiger partial charge in [0.25, 0.3) is 0 Å². The maximum atomic E-state index is 12.3. The SMILES string of the molecule is CN(C(=O)OCc1ccccc1)C1CC(C)(C)NC(C)(C)C1. The van der Waals surface area contributed by atoms with E-state index in [4.69, 9.17) is 4.74 Å². The molecule has 0 atom stereocenters. The first-order valence-electron chi connectivity index (χ1n) is 7.91. The monoisotopic (exact) mass is 304 g/mol. The van der Waals surface area contributed by atoms with Crippen LogP contribution in [-0.2, 0) is 11.3 Å². The van der Waals surface area contributed by atoms with Crippen molar-refractivity contribution in [2.24, 2.45) is 0 Å². The van der Waals surface area contributed by atoms with Gasteiger partial charge in [0, 0.05) is 24.2 Å². The number of piperidine rings is 1. The molecule has 1 aromatic carbocycles. The molecule has 1 aliphatic heterocycles. The summed E-state index contributed by atoms with van der Waals surface area (Å²) in [6.07, 6.45) is 1.60. The van der Waals surface area contributed by atoms with Crippen molar-refractivity contribution >= 4 is 6.09 Å². The zero-order valence-electron chi connectivity index (χ0n) is 14.3. The van der Waals surface area contributed by atoms with Crippen LogP contribution >= 0.6 is 0 Å². The van der Waals surface area contributed by atoms with Crippen molar-refractivity contribution in [3.05, 3.63) is 35.9 Å². The van der Waals surface area contributed by atoms with Crippen LogP contribution in [0.15, 0.2) is 30.3 Å². The maximum Gasteiger partial charge on any atom is 0.410 e. The number of hydrogen-bond acceptors (Lipinski definition) is 3. The van der Waals surface area contributed by atoms with Gasteiger partial charge in [-0.25, -0.2) is 4.79 Å². The van der Waals surface area contributed by atoms with Crippen LogP contribution in [0, 0.1) is 0 Å². The van der Waals surface area contributed by atoms with E-state index in [-0.39, 0.29) is 23.2 Å². The Bertz CT molecular complexity index is 495. The van der Waals surface area contributed by atoms with Gasteiger partial charge < -0.3 is 15.0 Å². The molecule has 1 amide bonds. The number of carbonyl (C=O) groups is 1. The van der Waals surface area contributed by atoms with Crippen LogP contribution in [0.5, 0.6) is 0 Å². The van der Waals surface area contributed by atoms with Crippen molar-refractivity contribution < 1.29 is 9.53 Å². The first-order chi connectivity index (χ1) is 10.2. The Hall–Kier alpha value is -1.55. The minimum absolute atomic E-state index is 0.0143. The van der Waals surface area contributed by atoms with E-state index >= 15 is 0 Å². The molecule has 1 fully saturated rings. The summed E-state index contributed by atoms with van der Waals surface area (Å²) < 4.78 is 5.45. The first kappa shape index (κ1) is 16.8. The molecule has 0 saturated carbocycles. The fraction of sp³-hybridized carbons (Fsp3) is 0.611. The molecule has 0 spiro atoms. The summed E-state index contributed by atoms with van der Waals surface area (Å²) in [5.74, 6) is 0. The molecule has 122 valence electrons. The van der Waals surface area contributed by atoms with Crippen molar-refractivity contribution in [3.8, 4) is 0 Å². The topological polar surface area (TPSA) is 41.6 Å². The highest BCUT2D eigenvalue weighted by Gasteiger charge is 2.40. The number of nitrogens with one attached hydrogen (secondary N) is 1. The highest BCUT2D eigenvalue weighted by atomic mass is 16.6. The van der Waals surface area contributed by atoms with Crippen LogP contribution in [0.1, 0.15) is 46.1 Å². The van der Waals surface area contributed by atoms with Crippen LogP contribution in [0.4, 0.5) is 4.79 Å². The largest absolute Gasteiger partial charge is 0.445 e. The minimum Gasteiger partial charge on any atom is -0.445 e. The summed E-state index contributed by atoms with van der Waals surface area (Å²) in [7, 11) is 1.84. The standard InChI is InChI=1S/C18H28N2O2/c1-17(2)11-15(12-18(3,4)19-17)20(5)16(21)22-13-14-9-7-6-8-10-14/h6-10,15,19H,11-13H2,1-5H3. The summed E-state index contributed by atoms with van der Waals surface area (Å²) >= 11 is 0. The second-order valence-electron chi connectivity index (χ2n) is 7.61. The highest BCUT2D eigenvalue weighted by Crippen LogP contribution is 2.31. The van der Waals surface area contributed by atoms with Crippen LogP contribution in [0.25, 0.3) is 0 Å². The molecule has 1 N–H and O–H groups in total. The molecule has 1 aliphatic rings. The van der Waals surface area contributed by atoms with Crippen LogP contribution in [0.2, 0.25) is 0 Å². The zero-order chi connectivity index (χ0) is 16.4. The number of carbonyl (C=O) groups excluding carboxylic acids is 1. The smallest absolute Gasteiger partial charge is 0.410 e. The van der Waals surface area contributed by atoms with E-state index < -0.39 is 0 Å². The van der Waals surface area contributed by atoms with Gasteiger partial charge in [-0.3, -0.25) is 0 Å². The maximum absolute atomic E-state index is 12.3. The number of amides is 1. The molecule has 0 unspecified atom stereocenters. The lowest BCUT2D eigenvalue weighted by Crippen LogP contribution is -2.62. The van der Waals surface area contributed by atoms with Gasteiger partial charge in [0.15, 0.2) is 0 Å². The third-order valence-corrected chi connectivity index (χ3v) is 4.21. The van der Waals surface area contributed by atoms with Gasteiger partial charge in [0.05, 0.1) is 0 Å². The quantitative estimate of drug-likeness (QED) is 0.928. The van der Waals surface area contributed by atoms with Gasteiger partial charge in [-0.2, -0.15) is 0 Å². The average molecular weight is 304 g/mol. The zero-order valence-corrected chi connectivity index (χ0v) is 14.3. The summed E-state index contributed by atoms with van der Waals surface area (Å²) in [4.78, 5) is 14.1. The molecule has 0 aliphatic carbocycles. The summed E-state index contributed by atoms with van der Waals surface area (Å²) in [6, 6.07) is 9.97. The predicted octanol–water partition coefficient (Wildman–Crippen LogP) is 3.56. The van der Waals surface area contributed by atoms with Gasteiger partial charge in [0.1, 0.15) is 6.61 Å².